The van der Waals surface area contributed by atoms with Crippen molar-refractivity contribution in [3.05, 3.63) is 23.8 Å². The van der Waals surface area contributed by atoms with Crippen LogP contribution in [-0.4, -0.2) is 87.9 Å². The largest absolute Gasteiger partial charge is 0.457 e. The maximum atomic E-state index is 14.3. The summed E-state index contributed by atoms with van der Waals surface area (Å²) in [7, 11) is 0. The van der Waals surface area contributed by atoms with Gasteiger partial charge in [-0.05, 0) is 39.5 Å². The Labute approximate surface area is 247 Å². The number of aromatic nitrogens is 4. The van der Waals surface area contributed by atoms with Gasteiger partial charge >= 0.3 is 6.18 Å². The van der Waals surface area contributed by atoms with E-state index >= 15 is 0 Å². The zero-order valence-electron chi connectivity index (χ0n) is 24.3. The highest BCUT2D eigenvalue weighted by atomic mass is 19.4. The second-order valence-electron chi connectivity index (χ2n) is 11.7. The van der Waals surface area contributed by atoms with Crippen LogP contribution in [0.15, 0.2) is 12.4 Å². The fourth-order valence-corrected chi connectivity index (χ4v) is 6.56. The average Bonchev–Trinajstić information content (AvgIpc) is 3.72. The van der Waals surface area contributed by atoms with Gasteiger partial charge in [-0.15, -0.1) is 0 Å². The molecule has 43 heavy (non-hydrogen) atoms. The number of amidine groups is 1. The summed E-state index contributed by atoms with van der Waals surface area (Å²) < 4.78 is 51.4. The first-order valence-corrected chi connectivity index (χ1v) is 14.8. The van der Waals surface area contributed by atoms with Crippen LogP contribution >= 0.6 is 0 Å². The van der Waals surface area contributed by atoms with Crippen LogP contribution < -0.4 is 15.1 Å². The van der Waals surface area contributed by atoms with Crippen molar-refractivity contribution in [3.8, 4) is 0 Å². The summed E-state index contributed by atoms with van der Waals surface area (Å²) in [6.07, 6.45) is 2.05. The van der Waals surface area contributed by atoms with Crippen LogP contribution in [0.2, 0.25) is 0 Å². The molecular formula is C28H36F3N9O3. The lowest BCUT2D eigenvalue weighted by Gasteiger charge is -2.28. The van der Waals surface area contributed by atoms with Gasteiger partial charge in [0.2, 0.25) is 11.9 Å². The molecule has 0 bridgehead atoms. The Hall–Kier alpha value is -3.75. The van der Waals surface area contributed by atoms with E-state index in [1.807, 2.05) is 18.7 Å². The van der Waals surface area contributed by atoms with E-state index in [-0.39, 0.29) is 37.3 Å². The minimum absolute atomic E-state index is 0.0260. The maximum Gasteiger partial charge on any atom is 0.408 e. The minimum Gasteiger partial charge on any atom is -0.457 e. The predicted molar refractivity (Wildman–Crippen MR) is 151 cm³/mol. The Bertz CT molecular complexity index is 1360. The highest BCUT2D eigenvalue weighted by Gasteiger charge is 2.56. The highest BCUT2D eigenvalue weighted by Crippen LogP contribution is 2.55. The van der Waals surface area contributed by atoms with Crippen LogP contribution in [0.4, 0.5) is 36.4 Å². The monoisotopic (exact) mass is 603 g/mol. The molecule has 1 spiro atoms. The van der Waals surface area contributed by atoms with Crippen molar-refractivity contribution in [2.45, 2.75) is 82.7 Å². The molecule has 2 aromatic heterocycles. The van der Waals surface area contributed by atoms with E-state index in [9.17, 15) is 18.0 Å². The molecular weight excluding hydrogens is 567 g/mol. The van der Waals surface area contributed by atoms with Crippen molar-refractivity contribution < 1.29 is 27.4 Å². The molecule has 0 unspecified atom stereocenters. The van der Waals surface area contributed by atoms with Crippen LogP contribution in [0.5, 0.6) is 0 Å². The zero-order valence-corrected chi connectivity index (χ0v) is 24.3. The maximum absolute atomic E-state index is 14.3. The van der Waals surface area contributed by atoms with Gasteiger partial charge in [0, 0.05) is 25.7 Å². The molecule has 0 radical (unpaired) electrons. The summed E-state index contributed by atoms with van der Waals surface area (Å²) in [6, 6.07) is -2.36. The molecule has 1 saturated carbocycles. The third-order valence-corrected chi connectivity index (χ3v) is 8.53. The Morgan fingerprint density at radius 2 is 1.84 bits per heavy atom. The topological polar surface area (TPSA) is 133 Å². The number of alkyl halides is 3. The summed E-state index contributed by atoms with van der Waals surface area (Å²) in [5.41, 5.74) is 0.360. The van der Waals surface area contributed by atoms with Gasteiger partial charge in [0.25, 0.3) is 6.02 Å². The van der Waals surface area contributed by atoms with Crippen molar-refractivity contribution in [1.29, 1.82) is 5.41 Å². The minimum atomic E-state index is -4.46. The molecule has 1 amide bonds. The van der Waals surface area contributed by atoms with Crippen LogP contribution in [-0.2, 0) is 26.3 Å². The molecule has 15 heteroatoms. The van der Waals surface area contributed by atoms with E-state index in [4.69, 9.17) is 24.9 Å². The van der Waals surface area contributed by atoms with E-state index in [0.29, 0.717) is 74.4 Å². The van der Waals surface area contributed by atoms with E-state index < -0.39 is 23.7 Å². The first kappa shape index (κ1) is 29.3. The number of anilines is 4. The molecule has 6 rings (SSSR count). The Morgan fingerprint density at radius 3 is 2.49 bits per heavy atom. The standard InChI is InChI=1S/C28H36F3N9O3/c1-17(2)35-22-21-23(37-20(36-22)16-43-25(32)39-9-5-6-19(39)28(29,30)31)40(24(41)27(21)7-3-4-8-27)18-14-33-26(34-15-18)38-10-12-42-13-11-38/h14-15,17,19,32H,3-13,16H2,1-2H3,(H,35,36,37)/t19-/m1/s1. The SMILES string of the molecule is CC(C)Nc1nc(COC(=N)N2CCC[C@@H]2C(F)(F)F)nc2c1C1(CCCC1)C(=O)N2c1cnc(N2CCOCC2)nc1. The molecule has 2 aromatic rings. The molecule has 3 fully saturated rings. The average molecular weight is 604 g/mol. The van der Waals surface area contributed by atoms with Crippen LogP contribution in [0.1, 0.15) is 63.8 Å². The second kappa shape index (κ2) is 11.4. The summed E-state index contributed by atoms with van der Waals surface area (Å²) in [6.45, 7) is 6.19. The first-order chi connectivity index (χ1) is 20.6. The summed E-state index contributed by atoms with van der Waals surface area (Å²) in [4.78, 5) is 37.3. The molecule has 3 aliphatic heterocycles. The zero-order chi connectivity index (χ0) is 30.4. The van der Waals surface area contributed by atoms with Crippen molar-refractivity contribution in [2.75, 3.05) is 48.0 Å². The van der Waals surface area contributed by atoms with Gasteiger partial charge in [-0.1, -0.05) is 12.8 Å². The lowest BCUT2D eigenvalue weighted by Crippen LogP contribution is -2.45. The number of fused-ring (bicyclic) bond motifs is 2. The molecule has 1 aliphatic carbocycles. The van der Waals surface area contributed by atoms with Gasteiger partial charge in [-0.3, -0.25) is 15.1 Å². The van der Waals surface area contributed by atoms with Crippen molar-refractivity contribution in [1.82, 2.24) is 24.8 Å². The van der Waals surface area contributed by atoms with Crippen LogP contribution in [0.25, 0.3) is 0 Å². The lowest BCUT2D eigenvalue weighted by atomic mass is 9.80. The number of nitrogens with one attached hydrogen (secondary N) is 2. The second-order valence-corrected chi connectivity index (χ2v) is 11.7. The number of carbonyl (C=O) groups excluding carboxylic acids is 1. The molecule has 1 atom stereocenters. The Kier molecular flexibility index (Phi) is 7.77. The molecule has 232 valence electrons. The lowest BCUT2D eigenvalue weighted by molar-refractivity contribution is -0.169. The smallest absolute Gasteiger partial charge is 0.408 e. The van der Waals surface area contributed by atoms with Gasteiger partial charge in [0.15, 0.2) is 12.4 Å². The molecule has 5 heterocycles. The highest BCUT2D eigenvalue weighted by molar-refractivity contribution is 6.13. The third kappa shape index (κ3) is 5.43. The summed E-state index contributed by atoms with van der Waals surface area (Å²) >= 11 is 0. The number of carbonyl (C=O) groups is 1. The molecule has 12 nitrogen and oxygen atoms in total. The molecule has 4 aliphatic rings. The number of hydrogen-bond donors (Lipinski definition) is 2. The number of amides is 1. The Balaban J connectivity index is 1.34. The third-order valence-electron chi connectivity index (χ3n) is 8.53. The van der Waals surface area contributed by atoms with Crippen molar-refractivity contribution in [2.24, 2.45) is 0 Å². The fraction of sp³-hybridized carbons (Fsp3) is 0.643. The number of likely N-dealkylation sites (tertiary alicyclic amines) is 1. The molecule has 0 aromatic carbocycles. The predicted octanol–water partition coefficient (Wildman–Crippen LogP) is 3.89. The van der Waals surface area contributed by atoms with Crippen molar-refractivity contribution >= 4 is 35.2 Å². The first-order valence-electron chi connectivity index (χ1n) is 14.8. The van der Waals surface area contributed by atoms with Gasteiger partial charge in [0.1, 0.15) is 17.7 Å². The number of rotatable bonds is 6. The quantitative estimate of drug-likeness (QED) is 0.370. The van der Waals surface area contributed by atoms with Gasteiger partial charge in [-0.2, -0.15) is 13.2 Å². The normalized spacial score (nSPS) is 21.7. The van der Waals surface area contributed by atoms with E-state index in [2.05, 4.69) is 15.3 Å². The Morgan fingerprint density at radius 1 is 1.14 bits per heavy atom. The van der Waals surface area contributed by atoms with Crippen LogP contribution in [0.3, 0.4) is 0 Å². The fourth-order valence-electron chi connectivity index (χ4n) is 6.56. The number of halogens is 3. The van der Waals surface area contributed by atoms with Gasteiger partial charge < -0.3 is 24.6 Å². The molecule has 2 saturated heterocycles. The summed E-state index contributed by atoms with van der Waals surface area (Å²) in [5, 5.41) is 11.6. The van der Waals surface area contributed by atoms with Gasteiger partial charge in [0.05, 0.1) is 42.3 Å². The number of nitrogens with zero attached hydrogens (tertiary/aromatic N) is 7. The number of ether oxygens (including phenoxy) is 2. The van der Waals surface area contributed by atoms with Gasteiger partial charge in [-0.25, -0.2) is 19.9 Å². The number of hydrogen-bond acceptors (Lipinski definition) is 10. The summed E-state index contributed by atoms with van der Waals surface area (Å²) in [5.74, 6) is 1.44. The number of morpholine rings is 1. The van der Waals surface area contributed by atoms with Crippen molar-refractivity contribution in [3.63, 3.8) is 0 Å². The van der Waals surface area contributed by atoms with E-state index in [0.717, 1.165) is 17.7 Å². The molecule has 2 N–H and O–H groups in total. The van der Waals surface area contributed by atoms with Crippen LogP contribution in [0, 0.1) is 5.41 Å². The van der Waals surface area contributed by atoms with E-state index in [1.165, 1.54) is 4.90 Å². The van der Waals surface area contributed by atoms with E-state index in [1.54, 1.807) is 12.4 Å².